The molecule has 1 heterocycles. The topological polar surface area (TPSA) is 12.9 Å². The number of nitrogens with zero attached hydrogens (tertiary/aromatic N) is 1. The van der Waals surface area contributed by atoms with Gasteiger partial charge in [0.1, 0.15) is 5.15 Å². The van der Waals surface area contributed by atoms with Gasteiger partial charge in [-0.15, -0.1) is 11.6 Å². The van der Waals surface area contributed by atoms with Crippen LogP contribution in [-0.2, 0) is 5.88 Å². The number of pyridine rings is 1. The van der Waals surface area contributed by atoms with Crippen LogP contribution in [0.15, 0.2) is 12.3 Å². The van der Waals surface area contributed by atoms with E-state index in [4.69, 9.17) is 23.2 Å². The Bertz CT molecular complexity index is 278. The number of rotatable bonds is 2. The van der Waals surface area contributed by atoms with E-state index in [9.17, 15) is 8.78 Å². The molecule has 0 unspecified atom stereocenters. The normalized spacial score (nSPS) is 10.8. The van der Waals surface area contributed by atoms with Crippen LogP contribution in [0.5, 0.6) is 0 Å². The predicted octanol–water partition coefficient (Wildman–Crippen LogP) is 3.41. The molecule has 66 valence electrons. The number of hydrogen-bond acceptors (Lipinski definition) is 1. The summed E-state index contributed by atoms with van der Waals surface area (Å²) < 4.78 is 24.5. The molecule has 0 N–H and O–H groups in total. The van der Waals surface area contributed by atoms with Gasteiger partial charge in [-0.05, 0) is 6.07 Å². The first-order valence-corrected chi connectivity index (χ1v) is 4.05. The van der Waals surface area contributed by atoms with Gasteiger partial charge in [0.2, 0.25) is 0 Å². The van der Waals surface area contributed by atoms with Crippen LogP contribution in [-0.4, -0.2) is 4.98 Å². The first-order chi connectivity index (χ1) is 5.66. The molecule has 1 nitrogen and oxygen atoms in total. The lowest BCUT2D eigenvalue weighted by Gasteiger charge is -2.05. The summed E-state index contributed by atoms with van der Waals surface area (Å²) in [4.78, 5) is 3.64. The fraction of sp³-hybridized carbons (Fsp3) is 0.286. The maximum atomic E-state index is 12.2. The molecule has 0 saturated carbocycles. The highest BCUT2D eigenvalue weighted by Crippen LogP contribution is 2.27. The van der Waals surface area contributed by atoms with Crippen molar-refractivity contribution in [2.45, 2.75) is 12.3 Å². The molecule has 1 aromatic rings. The molecule has 1 aromatic heterocycles. The van der Waals surface area contributed by atoms with E-state index in [1.165, 1.54) is 12.3 Å². The number of hydrogen-bond donors (Lipinski definition) is 0. The summed E-state index contributed by atoms with van der Waals surface area (Å²) >= 11 is 11.0. The molecule has 0 aliphatic heterocycles. The second-order valence-corrected chi connectivity index (χ2v) is 2.73. The number of halogens is 4. The highest BCUT2D eigenvalue weighted by atomic mass is 35.5. The summed E-state index contributed by atoms with van der Waals surface area (Å²) in [6.07, 6.45) is -1.32. The lowest BCUT2D eigenvalue weighted by molar-refractivity contribution is 0.150. The Labute approximate surface area is 78.3 Å². The van der Waals surface area contributed by atoms with Gasteiger partial charge in [0.25, 0.3) is 6.43 Å². The van der Waals surface area contributed by atoms with Gasteiger partial charge in [0, 0.05) is 17.3 Å². The van der Waals surface area contributed by atoms with E-state index in [-0.39, 0.29) is 22.2 Å². The summed E-state index contributed by atoms with van der Waals surface area (Å²) in [6, 6.07) is 1.22. The maximum absolute atomic E-state index is 12.2. The van der Waals surface area contributed by atoms with Gasteiger partial charge >= 0.3 is 0 Å². The summed E-state index contributed by atoms with van der Waals surface area (Å²) in [5.74, 6) is -0.0493. The quantitative estimate of drug-likeness (QED) is 0.540. The zero-order valence-electron chi connectivity index (χ0n) is 5.90. The SMILES string of the molecule is FC(F)c1ccnc(Cl)c1CCl. The van der Waals surface area contributed by atoms with E-state index in [1.54, 1.807) is 0 Å². The minimum Gasteiger partial charge on any atom is -0.244 e. The molecule has 0 aromatic carbocycles. The molecular weight excluding hydrogens is 207 g/mol. The van der Waals surface area contributed by atoms with Gasteiger partial charge in [-0.25, -0.2) is 13.8 Å². The Hall–Kier alpha value is -0.410. The van der Waals surface area contributed by atoms with Gasteiger partial charge in [0.15, 0.2) is 0 Å². The largest absolute Gasteiger partial charge is 0.264 e. The van der Waals surface area contributed by atoms with E-state index in [0.29, 0.717) is 0 Å². The highest BCUT2D eigenvalue weighted by molar-refractivity contribution is 6.31. The Morgan fingerprint density at radius 3 is 2.58 bits per heavy atom. The third-order valence-corrected chi connectivity index (χ3v) is 2.00. The molecular formula is C7H5Cl2F2N. The average molecular weight is 212 g/mol. The first kappa shape index (κ1) is 9.68. The maximum Gasteiger partial charge on any atom is 0.264 e. The fourth-order valence-electron chi connectivity index (χ4n) is 0.817. The van der Waals surface area contributed by atoms with Crippen molar-refractivity contribution in [3.63, 3.8) is 0 Å². The van der Waals surface area contributed by atoms with Gasteiger partial charge in [-0.3, -0.25) is 0 Å². The molecule has 5 heteroatoms. The summed E-state index contributed by atoms with van der Waals surface area (Å²) in [6.45, 7) is 0. The monoisotopic (exact) mass is 211 g/mol. The van der Waals surface area contributed by atoms with Crippen molar-refractivity contribution in [3.8, 4) is 0 Å². The molecule has 0 spiro atoms. The van der Waals surface area contributed by atoms with Crippen molar-refractivity contribution in [1.29, 1.82) is 0 Å². The van der Waals surface area contributed by atoms with E-state index in [0.717, 1.165) is 0 Å². The van der Waals surface area contributed by atoms with Gasteiger partial charge in [0.05, 0.1) is 5.88 Å². The molecule has 0 amide bonds. The molecule has 0 fully saturated rings. The summed E-state index contributed by atoms with van der Waals surface area (Å²) in [7, 11) is 0. The van der Waals surface area contributed by atoms with Gasteiger partial charge in [-0.2, -0.15) is 0 Å². The molecule has 0 bridgehead atoms. The van der Waals surface area contributed by atoms with Crippen LogP contribution in [0.2, 0.25) is 5.15 Å². The molecule has 0 saturated heterocycles. The second kappa shape index (κ2) is 4.01. The molecule has 0 aliphatic rings. The average Bonchev–Trinajstić information content (AvgIpc) is 2.03. The standard InChI is InChI=1S/C7H5Cl2F2N/c8-3-5-4(7(10)11)1-2-12-6(5)9/h1-2,7H,3H2. The smallest absolute Gasteiger partial charge is 0.244 e. The molecule has 0 aliphatic carbocycles. The molecule has 12 heavy (non-hydrogen) atoms. The molecule has 1 rings (SSSR count). The zero-order chi connectivity index (χ0) is 9.14. The minimum atomic E-state index is -2.56. The van der Waals surface area contributed by atoms with E-state index >= 15 is 0 Å². The molecule has 0 atom stereocenters. The van der Waals surface area contributed by atoms with Crippen LogP contribution in [0, 0.1) is 0 Å². The van der Waals surface area contributed by atoms with Crippen molar-refractivity contribution in [1.82, 2.24) is 4.98 Å². The van der Waals surface area contributed by atoms with Crippen LogP contribution in [0.25, 0.3) is 0 Å². The van der Waals surface area contributed by atoms with Crippen molar-refractivity contribution in [2.75, 3.05) is 0 Å². The summed E-state index contributed by atoms with van der Waals surface area (Å²) in [5, 5.41) is 0.0443. The Morgan fingerprint density at radius 1 is 1.50 bits per heavy atom. The van der Waals surface area contributed by atoms with E-state index in [1.807, 2.05) is 0 Å². The third kappa shape index (κ3) is 1.84. The summed E-state index contributed by atoms with van der Waals surface area (Å²) in [5.41, 5.74) is 0.0563. The lowest BCUT2D eigenvalue weighted by atomic mass is 10.2. The predicted molar refractivity (Wildman–Crippen MR) is 43.8 cm³/mol. The van der Waals surface area contributed by atoms with Crippen LogP contribution < -0.4 is 0 Å². The molecule has 0 radical (unpaired) electrons. The lowest BCUT2D eigenvalue weighted by Crippen LogP contribution is -1.94. The number of aromatic nitrogens is 1. The van der Waals surface area contributed by atoms with Crippen LogP contribution in [0.3, 0.4) is 0 Å². The Kier molecular flexibility index (Phi) is 3.23. The highest BCUT2D eigenvalue weighted by Gasteiger charge is 2.14. The Morgan fingerprint density at radius 2 is 2.17 bits per heavy atom. The van der Waals surface area contributed by atoms with E-state index < -0.39 is 6.43 Å². The third-order valence-electron chi connectivity index (χ3n) is 1.41. The second-order valence-electron chi connectivity index (χ2n) is 2.10. The van der Waals surface area contributed by atoms with Crippen molar-refractivity contribution in [2.24, 2.45) is 0 Å². The van der Waals surface area contributed by atoms with E-state index in [2.05, 4.69) is 4.98 Å². The minimum absolute atomic E-state index is 0.0443. The zero-order valence-corrected chi connectivity index (χ0v) is 7.41. The van der Waals surface area contributed by atoms with Crippen LogP contribution >= 0.6 is 23.2 Å². The van der Waals surface area contributed by atoms with Crippen molar-refractivity contribution >= 4 is 23.2 Å². The van der Waals surface area contributed by atoms with Gasteiger partial charge in [-0.1, -0.05) is 11.6 Å². The number of alkyl halides is 3. The Balaban J connectivity index is 3.18. The van der Waals surface area contributed by atoms with Crippen LogP contribution in [0.4, 0.5) is 8.78 Å². The van der Waals surface area contributed by atoms with Gasteiger partial charge < -0.3 is 0 Å². The first-order valence-electron chi connectivity index (χ1n) is 3.14. The fourth-order valence-corrected chi connectivity index (χ4v) is 1.40. The van der Waals surface area contributed by atoms with Crippen molar-refractivity contribution in [3.05, 3.63) is 28.5 Å². The van der Waals surface area contributed by atoms with Crippen molar-refractivity contribution < 1.29 is 8.78 Å². The van der Waals surface area contributed by atoms with Crippen LogP contribution in [0.1, 0.15) is 17.6 Å².